The van der Waals surface area contributed by atoms with Crippen LogP contribution in [-0.4, -0.2) is 58.9 Å². The number of amides is 4. The van der Waals surface area contributed by atoms with Gasteiger partial charge in [0.1, 0.15) is 12.1 Å². The van der Waals surface area contributed by atoms with Crippen molar-refractivity contribution >= 4 is 17.8 Å². The number of carbonyl (C=O) groups excluding carboxylic acids is 3. The van der Waals surface area contributed by atoms with Gasteiger partial charge in [-0.15, -0.1) is 0 Å². The Labute approximate surface area is 165 Å². The Balaban J connectivity index is 1.44. The number of rotatable bonds is 3. The minimum Gasteiger partial charge on any atom is -0.339 e. The van der Waals surface area contributed by atoms with Gasteiger partial charge in [-0.25, -0.2) is 4.79 Å². The molecule has 2 saturated heterocycles. The maximum absolute atomic E-state index is 13.1. The molecule has 7 heteroatoms. The molecule has 1 aromatic rings. The van der Waals surface area contributed by atoms with Crippen molar-refractivity contribution in [3.05, 3.63) is 35.9 Å². The summed E-state index contributed by atoms with van der Waals surface area (Å²) in [7, 11) is 0. The fraction of sp³-hybridized carbons (Fsp3) is 0.571. The Morgan fingerprint density at radius 1 is 1.21 bits per heavy atom. The Morgan fingerprint density at radius 2 is 1.96 bits per heavy atom. The maximum Gasteiger partial charge on any atom is 0.325 e. The van der Waals surface area contributed by atoms with Gasteiger partial charge in [0.2, 0.25) is 5.91 Å². The lowest BCUT2D eigenvalue weighted by atomic mass is 9.73. The highest BCUT2D eigenvalue weighted by atomic mass is 16.2. The molecule has 4 amide bonds. The van der Waals surface area contributed by atoms with Crippen molar-refractivity contribution < 1.29 is 14.4 Å². The molecule has 150 valence electrons. The standard InChI is InChI=1S/C21H28N4O3/c1-14-7-5-6-10-21(14)19(27)25(20(28)23-21)13-18(26)24-11-16(17(22)12-24)15-8-3-2-4-9-15/h2-4,8-9,14,16-17H,5-7,10-13,22H2,1H3,(H,23,28)/t14?,16-,17+,21?/m0/s1. The van der Waals surface area contributed by atoms with Crippen LogP contribution >= 0.6 is 0 Å². The molecule has 1 saturated carbocycles. The average molecular weight is 384 g/mol. The zero-order valence-corrected chi connectivity index (χ0v) is 16.3. The van der Waals surface area contributed by atoms with Gasteiger partial charge in [0.15, 0.2) is 0 Å². The van der Waals surface area contributed by atoms with E-state index < -0.39 is 11.6 Å². The second-order valence-corrected chi connectivity index (χ2v) is 8.42. The van der Waals surface area contributed by atoms with Crippen molar-refractivity contribution in [2.24, 2.45) is 11.7 Å². The summed E-state index contributed by atoms with van der Waals surface area (Å²) in [5.41, 5.74) is 6.56. The molecule has 3 fully saturated rings. The summed E-state index contributed by atoms with van der Waals surface area (Å²) in [5, 5.41) is 2.90. The largest absolute Gasteiger partial charge is 0.339 e. The van der Waals surface area contributed by atoms with Gasteiger partial charge in [0.25, 0.3) is 5.91 Å². The van der Waals surface area contributed by atoms with E-state index in [1.165, 1.54) is 0 Å². The summed E-state index contributed by atoms with van der Waals surface area (Å²) in [6.45, 7) is 2.73. The average Bonchev–Trinajstić information content (AvgIpc) is 3.19. The fourth-order valence-electron chi connectivity index (χ4n) is 4.96. The lowest BCUT2D eigenvalue weighted by Crippen LogP contribution is -2.54. The lowest BCUT2D eigenvalue weighted by Gasteiger charge is -2.36. The molecular formula is C21H28N4O3. The molecule has 2 heterocycles. The monoisotopic (exact) mass is 384 g/mol. The Morgan fingerprint density at radius 3 is 2.68 bits per heavy atom. The molecule has 0 aromatic heterocycles. The number of imide groups is 1. The van der Waals surface area contributed by atoms with E-state index in [-0.39, 0.29) is 36.2 Å². The van der Waals surface area contributed by atoms with Crippen molar-refractivity contribution in [3.63, 3.8) is 0 Å². The molecule has 4 rings (SSSR count). The van der Waals surface area contributed by atoms with E-state index in [2.05, 4.69) is 5.32 Å². The van der Waals surface area contributed by atoms with E-state index in [1.54, 1.807) is 4.90 Å². The maximum atomic E-state index is 13.1. The van der Waals surface area contributed by atoms with Gasteiger partial charge in [-0.3, -0.25) is 14.5 Å². The summed E-state index contributed by atoms with van der Waals surface area (Å²) < 4.78 is 0. The summed E-state index contributed by atoms with van der Waals surface area (Å²) >= 11 is 0. The second-order valence-electron chi connectivity index (χ2n) is 8.42. The van der Waals surface area contributed by atoms with Crippen molar-refractivity contribution in [2.75, 3.05) is 19.6 Å². The molecular weight excluding hydrogens is 356 g/mol. The highest BCUT2D eigenvalue weighted by Gasteiger charge is 2.55. The van der Waals surface area contributed by atoms with Crippen LogP contribution in [0.5, 0.6) is 0 Å². The molecule has 1 aliphatic carbocycles. The summed E-state index contributed by atoms with van der Waals surface area (Å²) in [4.78, 5) is 41.2. The molecule has 7 nitrogen and oxygen atoms in total. The van der Waals surface area contributed by atoms with Gasteiger partial charge >= 0.3 is 6.03 Å². The normalized spacial score (nSPS) is 32.9. The van der Waals surface area contributed by atoms with Crippen LogP contribution < -0.4 is 11.1 Å². The number of urea groups is 1. The van der Waals surface area contributed by atoms with Crippen molar-refractivity contribution in [2.45, 2.75) is 50.1 Å². The smallest absolute Gasteiger partial charge is 0.325 e. The predicted molar refractivity (Wildman–Crippen MR) is 104 cm³/mol. The van der Waals surface area contributed by atoms with Crippen LogP contribution in [0, 0.1) is 5.92 Å². The molecule has 0 radical (unpaired) electrons. The van der Waals surface area contributed by atoms with Crippen LogP contribution in [0.25, 0.3) is 0 Å². The number of nitrogens with two attached hydrogens (primary N) is 1. The van der Waals surface area contributed by atoms with E-state index in [0.717, 1.165) is 29.7 Å². The molecule has 0 bridgehead atoms. The number of hydrogen-bond donors (Lipinski definition) is 2. The molecule has 3 N–H and O–H groups in total. The quantitative estimate of drug-likeness (QED) is 0.771. The van der Waals surface area contributed by atoms with Gasteiger partial charge in [0.05, 0.1) is 0 Å². The van der Waals surface area contributed by atoms with E-state index in [4.69, 9.17) is 5.73 Å². The Kier molecular flexibility index (Phi) is 4.87. The highest BCUT2D eigenvalue weighted by Crippen LogP contribution is 2.38. The third-order valence-corrected chi connectivity index (χ3v) is 6.74. The number of likely N-dealkylation sites (tertiary alicyclic amines) is 1. The van der Waals surface area contributed by atoms with Crippen LogP contribution in [0.2, 0.25) is 0 Å². The zero-order valence-electron chi connectivity index (χ0n) is 16.3. The molecule has 3 aliphatic rings. The van der Waals surface area contributed by atoms with Crippen LogP contribution in [0.4, 0.5) is 4.79 Å². The number of benzene rings is 1. The first-order chi connectivity index (χ1) is 13.4. The number of nitrogens with zero attached hydrogens (tertiary/aromatic N) is 2. The van der Waals surface area contributed by atoms with Crippen LogP contribution in [0.3, 0.4) is 0 Å². The SMILES string of the molecule is CC1CCCCC12NC(=O)N(CC(=O)N1C[C@@H](N)[C@H](c3ccccc3)C1)C2=O. The third kappa shape index (κ3) is 3.07. The van der Waals surface area contributed by atoms with Crippen molar-refractivity contribution in [3.8, 4) is 0 Å². The van der Waals surface area contributed by atoms with E-state index in [0.29, 0.717) is 19.5 Å². The first-order valence-corrected chi connectivity index (χ1v) is 10.1. The van der Waals surface area contributed by atoms with E-state index in [9.17, 15) is 14.4 Å². The minimum absolute atomic E-state index is 0.0676. The Hall–Kier alpha value is -2.41. The van der Waals surface area contributed by atoms with Crippen LogP contribution in [0.1, 0.15) is 44.1 Å². The molecule has 1 spiro atoms. The second kappa shape index (κ2) is 7.20. The van der Waals surface area contributed by atoms with Crippen LogP contribution in [-0.2, 0) is 9.59 Å². The summed E-state index contributed by atoms with van der Waals surface area (Å²) in [6.07, 6.45) is 3.54. The fourth-order valence-corrected chi connectivity index (χ4v) is 4.96. The highest BCUT2D eigenvalue weighted by molar-refractivity contribution is 6.09. The molecule has 28 heavy (non-hydrogen) atoms. The molecule has 4 atom stereocenters. The minimum atomic E-state index is -0.830. The van der Waals surface area contributed by atoms with Gasteiger partial charge in [-0.1, -0.05) is 50.1 Å². The van der Waals surface area contributed by atoms with Gasteiger partial charge in [-0.05, 0) is 24.3 Å². The van der Waals surface area contributed by atoms with Gasteiger partial charge in [-0.2, -0.15) is 0 Å². The topological polar surface area (TPSA) is 95.7 Å². The predicted octanol–water partition coefficient (Wildman–Crippen LogP) is 1.44. The van der Waals surface area contributed by atoms with Crippen molar-refractivity contribution in [1.29, 1.82) is 0 Å². The lowest BCUT2D eigenvalue weighted by molar-refractivity contribution is -0.140. The molecule has 1 aromatic carbocycles. The van der Waals surface area contributed by atoms with Crippen molar-refractivity contribution in [1.82, 2.24) is 15.1 Å². The molecule has 2 unspecified atom stereocenters. The number of nitrogens with one attached hydrogen (secondary N) is 1. The zero-order chi connectivity index (χ0) is 19.9. The summed E-state index contributed by atoms with van der Waals surface area (Å²) in [5.74, 6) is -0.322. The van der Waals surface area contributed by atoms with Gasteiger partial charge < -0.3 is 16.0 Å². The third-order valence-electron chi connectivity index (χ3n) is 6.74. The number of hydrogen-bond acceptors (Lipinski definition) is 4. The summed E-state index contributed by atoms with van der Waals surface area (Å²) in [6, 6.07) is 9.31. The van der Waals surface area contributed by atoms with Gasteiger partial charge in [0, 0.05) is 25.0 Å². The van der Waals surface area contributed by atoms with Crippen LogP contribution in [0.15, 0.2) is 30.3 Å². The van der Waals surface area contributed by atoms with E-state index in [1.807, 2.05) is 37.3 Å². The Bertz CT molecular complexity index is 783. The first kappa shape index (κ1) is 18.9. The molecule has 2 aliphatic heterocycles. The first-order valence-electron chi connectivity index (χ1n) is 10.1. The number of carbonyl (C=O) groups is 3. The van der Waals surface area contributed by atoms with E-state index >= 15 is 0 Å².